The highest BCUT2D eigenvalue weighted by Gasteiger charge is 2.29. The smallest absolute Gasteiger partial charge is 0.264 e. The van der Waals surface area contributed by atoms with E-state index in [1.807, 2.05) is 31.2 Å². The van der Waals surface area contributed by atoms with Crippen LogP contribution < -0.4 is 19.1 Å². The summed E-state index contributed by atoms with van der Waals surface area (Å²) in [5.74, 6) is -0.349. The zero-order chi connectivity index (χ0) is 24.8. The Balaban J connectivity index is 1.48. The van der Waals surface area contributed by atoms with E-state index >= 15 is 0 Å². The quantitative estimate of drug-likeness (QED) is 0.453. The summed E-state index contributed by atoms with van der Waals surface area (Å²) < 4.78 is 52.9. The summed E-state index contributed by atoms with van der Waals surface area (Å²) >= 11 is 0. The number of nitrogens with zero attached hydrogens (tertiary/aromatic N) is 1. The van der Waals surface area contributed by atoms with Gasteiger partial charge in [0, 0.05) is 12.6 Å². The first-order valence-corrected chi connectivity index (χ1v) is 12.8. The molecule has 1 aliphatic rings. The average Bonchev–Trinajstić information content (AvgIpc) is 2.86. The zero-order valence-corrected chi connectivity index (χ0v) is 20.2. The maximum absolute atomic E-state index is 14.0. The van der Waals surface area contributed by atoms with Gasteiger partial charge in [0.2, 0.25) is 5.91 Å². The van der Waals surface area contributed by atoms with Gasteiger partial charge in [-0.3, -0.25) is 9.10 Å². The number of amides is 1. The molecule has 1 heterocycles. The molecule has 1 N–H and O–H groups in total. The van der Waals surface area contributed by atoms with Crippen LogP contribution >= 0.6 is 0 Å². The number of benzene rings is 3. The van der Waals surface area contributed by atoms with Crippen molar-refractivity contribution in [1.29, 1.82) is 0 Å². The zero-order valence-electron chi connectivity index (χ0n) is 19.4. The Morgan fingerprint density at radius 2 is 1.74 bits per heavy atom. The minimum Gasteiger partial charge on any atom is -0.486 e. The lowest BCUT2D eigenvalue weighted by atomic mass is 10.1. The summed E-state index contributed by atoms with van der Waals surface area (Å²) in [4.78, 5) is 12.6. The van der Waals surface area contributed by atoms with E-state index < -0.39 is 28.3 Å². The van der Waals surface area contributed by atoms with Crippen molar-refractivity contribution in [2.75, 3.05) is 30.6 Å². The van der Waals surface area contributed by atoms with Gasteiger partial charge in [0.25, 0.3) is 10.0 Å². The SMILES string of the molecule is Cc1ccc(CCCNC(=O)CN(c2cccc(F)c2)S(=O)(=O)c2ccc3c(c2)OCCO3)cc1. The number of rotatable bonds is 9. The summed E-state index contributed by atoms with van der Waals surface area (Å²) in [6.45, 7) is 2.58. The molecule has 1 aliphatic heterocycles. The lowest BCUT2D eigenvalue weighted by Crippen LogP contribution is -2.41. The standard InChI is InChI=1S/C26H27FN2O5S/c1-19-7-9-20(10-8-19)4-3-13-28-26(30)18-29(22-6-2-5-21(27)16-22)35(31,32)23-11-12-24-25(17-23)34-15-14-33-24/h2,5-12,16-17H,3-4,13-15,18H2,1H3,(H,28,30). The van der Waals surface area contributed by atoms with Crippen molar-refractivity contribution in [1.82, 2.24) is 5.32 Å². The summed E-state index contributed by atoms with van der Waals surface area (Å²) in [6.07, 6.45) is 1.48. The van der Waals surface area contributed by atoms with Gasteiger partial charge in [-0.2, -0.15) is 0 Å². The summed E-state index contributed by atoms with van der Waals surface area (Å²) in [5, 5.41) is 2.77. The maximum Gasteiger partial charge on any atom is 0.264 e. The highest BCUT2D eigenvalue weighted by Crippen LogP contribution is 2.34. The Morgan fingerprint density at radius 1 is 1.00 bits per heavy atom. The predicted molar refractivity (Wildman–Crippen MR) is 131 cm³/mol. The van der Waals surface area contributed by atoms with Crippen molar-refractivity contribution < 1.29 is 27.1 Å². The van der Waals surface area contributed by atoms with E-state index in [-0.39, 0.29) is 10.6 Å². The highest BCUT2D eigenvalue weighted by molar-refractivity contribution is 7.92. The number of carbonyl (C=O) groups is 1. The molecule has 0 saturated heterocycles. The van der Waals surface area contributed by atoms with Gasteiger partial charge in [0.15, 0.2) is 11.5 Å². The molecule has 0 saturated carbocycles. The van der Waals surface area contributed by atoms with Crippen molar-refractivity contribution in [2.24, 2.45) is 0 Å². The van der Waals surface area contributed by atoms with Crippen LogP contribution in [-0.4, -0.2) is 40.6 Å². The third-order valence-corrected chi connectivity index (χ3v) is 7.34. The second kappa shape index (κ2) is 10.8. The van der Waals surface area contributed by atoms with E-state index in [0.29, 0.717) is 37.7 Å². The number of ether oxygens (including phenoxy) is 2. The third kappa shape index (κ3) is 6.10. The number of carbonyl (C=O) groups excluding carboxylic acids is 1. The summed E-state index contributed by atoms with van der Waals surface area (Å²) in [5.41, 5.74) is 2.39. The lowest BCUT2D eigenvalue weighted by Gasteiger charge is -2.25. The van der Waals surface area contributed by atoms with Gasteiger partial charge in [-0.15, -0.1) is 0 Å². The van der Waals surface area contributed by atoms with Crippen LogP contribution in [0.3, 0.4) is 0 Å². The molecule has 3 aromatic rings. The predicted octanol–water partition coefficient (Wildman–Crippen LogP) is 3.85. The van der Waals surface area contributed by atoms with Crippen molar-refractivity contribution in [3.8, 4) is 11.5 Å². The third-order valence-electron chi connectivity index (χ3n) is 5.57. The molecule has 3 aromatic carbocycles. The number of hydrogen-bond donors (Lipinski definition) is 1. The normalized spacial score (nSPS) is 12.7. The molecule has 0 fully saturated rings. The molecule has 9 heteroatoms. The molecule has 4 rings (SSSR count). The molecule has 184 valence electrons. The number of halogens is 1. The van der Waals surface area contributed by atoms with Crippen molar-refractivity contribution in [3.63, 3.8) is 0 Å². The van der Waals surface area contributed by atoms with Gasteiger partial charge in [-0.1, -0.05) is 35.9 Å². The molecule has 0 aromatic heterocycles. The molecule has 35 heavy (non-hydrogen) atoms. The first-order chi connectivity index (χ1) is 16.8. The molecule has 0 aliphatic carbocycles. The van der Waals surface area contributed by atoms with Crippen LogP contribution in [0.25, 0.3) is 0 Å². The number of nitrogens with one attached hydrogen (secondary N) is 1. The van der Waals surface area contributed by atoms with Crippen LogP contribution in [0.1, 0.15) is 17.5 Å². The molecule has 0 spiro atoms. The number of hydrogen-bond acceptors (Lipinski definition) is 5. The minimum atomic E-state index is -4.21. The van der Waals surface area contributed by atoms with Gasteiger partial charge in [0.05, 0.1) is 10.6 Å². The van der Waals surface area contributed by atoms with E-state index in [4.69, 9.17) is 9.47 Å². The fourth-order valence-corrected chi connectivity index (χ4v) is 5.15. The first kappa shape index (κ1) is 24.5. The topological polar surface area (TPSA) is 84.9 Å². The Hall–Kier alpha value is -3.59. The Labute approximate surface area is 204 Å². The highest BCUT2D eigenvalue weighted by atomic mass is 32.2. The number of aryl methyl sites for hydroxylation is 2. The van der Waals surface area contributed by atoms with Gasteiger partial charge < -0.3 is 14.8 Å². The van der Waals surface area contributed by atoms with Gasteiger partial charge in [-0.25, -0.2) is 12.8 Å². The molecule has 0 atom stereocenters. The Morgan fingerprint density at radius 3 is 2.49 bits per heavy atom. The van der Waals surface area contributed by atoms with Gasteiger partial charge in [-0.05, 0) is 55.7 Å². The van der Waals surface area contributed by atoms with E-state index in [9.17, 15) is 17.6 Å². The summed E-state index contributed by atoms with van der Waals surface area (Å²) in [7, 11) is -4.21. The van der Waals surface area contributed by atoms with Crippen LogP contribution in [0, 0.1) is 12.7 Å². The maximum atomic E-state index is 14.0. The van der Waals surface area contributed by atoms with Crippen molar-refractivity contribution in [3.05, 3.63) is 83.7 Å². The fourth-order valence-electron chi connectivity index (χ4n) is 3.72. The van der Waals surface area contributed by atoms with Crippen LogP contribution in [0.2, 0.25) is 0 Å². The van der Waals surface area contributed by atoms with Crippen LogP contribution in [-0.2, 0) is 21.2 Å². The van der Waals surface area contributed by atoms with Crippen molar-refractivity contribution >= 4 is 21.6 Å². The first-order valence-electron chi connectivity index (χ1n) is 11.3. The average molecular weight is 499 g/mol. The van der Waals surface area contributed by atoms with E-state index in [1.165, 1.54) is 42.0 Å². The molecular formula is C26H27FN2O5S. The van der Waals surface area contributed by atoms with Crippen molar-refractivity contribution in [2.45, 2.75) is 24.7 Å². The largest absolute Gasteiger partial charge is 0.486 e. The fraction of sp³-hybridized carbons (Fsp3) is 0.269. The van der Waals surface area contributed by atoms with Crippen LogP contribution in [0.15, 0.2) is 71.6 Å². The monoisotopic (exact) mass is 498 g/mol. The molecule has 1 amide bonds. The molecule has 0 radical (unpaired) electrons. The molecular weight excluding hydrogens is 471 g/mol. The number of sulfonamides is 1. The van der Waals surface area contributed by atoms with Crippen LogP contribution in [0.5, 0.6) is 11.5 Å². The second-order valence-electron chi connectivity index (χ2n) is 8.24. The number of fused-ring (bicyclic) bond motifs is 1. The molecule has 7 nitrogen and oxygen atoms in total. The van der Waals surface area contributed by atoms with Gasteiger partial charge in [0.1, 0.15) is 25.6 Å². The second-order valence-corrected chi connectivity index (χ2v) is 10.1. The van der Waals surface area contributed by atoms with E-state index in [2.05, 4.69) is 5.32 Å². The Bertz CT molecular complexity index is 1300. The number of anilines is 1. The van der Waals surface area contributed by atoms with E-state index in [0.717, 1.165) is 22.4 Å². The lowest BCUT2D eigenvalue weighted by molar-refractivity contribution is -0.119. The molecule has 0 bridgehead atoms. The molecule has 0 unspecified atom stereocenters. The Kier molecular flexibility index (Phi) is 7.55. The van der Waals surface area contributed by atoms with E-state index in [1.54, 1.807) is 0 Å². The minimum absolute atomic E-state index is 0.0506. The van der Waals surface area contributed by atoms with Crippen LogP contribution in [0.4, 0.5) is 10.1 Å². The summed E-state index contributed by atoms with van der Waals surface area (Å²) in [6, 6.07) is 17.6. The van der Waals surface area contributed by atoms with Gasteiger partial charge >= 0.3 is 0 Å².